The lowest BCUT2D eigenvalue weighted by atomic mass is 9.90. The molecule has 120 valence electrons. The van der Waals surface area contributed by atoms with Crippen LogP contribution in [0.25, 0.3) is 0 Å². The zero-order chi connectivity index (χ0) is 16.2. The summed E-state index contributed by atoms with van der Waals surface area (Å²) in [6.45, 7) is 1.52. The molecule has 0 saturated carbocycles. The highest BCUT2D eigenvalue weighted by Gasteiger charge is 2.23. The first-order valence-corrected chi connectivity index (χ1v) is 8.01. The molecule has 0 radical (unpaired) electrons. The highest BCUT2D eigenvalue weighted by molar-refractivity contribution is 5.94. The molecule has 0 atom stereocenters. The van der Waals surface area contributed by atoms with Crippen molar-refractivity contribution in [1.82, 2.24) is 4.90 Å². The van der Waals surface area contributed by atoms with Gasteiger partial charge in [-0.2, -0.15) is 0 Å². The molecule has 1 heterocycles. The van der Waals surface area contributed by atoms with E-state index in [9.17, 15) is 9.18 Å². The summed E-state index contributed by atoms with van der Waals surface area (Å²) in [5.74, 6) is 0.274. The van der Waals surface area contributed by atoms with Gasteiger partial charge in [0.2, 0.25) is 0 Å². The first-order chi connectivity index (χ1) is 11.1. The van der Waals surface area contributed by atoms with E-state index in [1.54, 1.807) is 12.1 Å². The summed E-state index contributed by atoms with van der Waals surface area (Å²) < 4.78 is 12.9. The first kappa shape index (κ1) is 15.5. The van der Waals surface area contributed by atoms with Gasteiger partial charge in [0.15, 0.2) is 0 Å². The van der Waals surface area contributed by atoms with Gasteiger partial charge >= 0.3 is 0 Å². The zero-order valence-electron chi connectivity index (χ0n) is 13.0. The Bertz CT molecular complexity index is 659. The summed E-state index contributed by atoms with van der Waals surface area (Å²) in [7, 11) is 0. The summed E-state index contributed by atoms with van der Waals surface area (Å²) >= 11 is 0. The quantitative estimate of drug-likeness (QED) is 0.882. The third-order valence-electron chi connectivity index (χ3n) is 4.50. The molecule has 3 rings (SSSR count). The van der Waals surface area contributed by atoms with E-state index in [2.05, 4.69) is 12.1 Å². The van der Waals surface area contributed by atoms with Crippen LogP contribution in [0.1, 0.15) is 28.8 Å². The molecular weight excluding hydrogens is 291 g/mol. The molecule has 1 amide bonds. The predicted octanol–water partition coefficient (Wildman–Crippen LogP) is 3.50. The highest BCUT2D eigenvalue weighted by atomic mass is 19.1. The number of nitrogen functional groups attached to an aromatic ring is 1. The fraction of sp³-hybridized carbons (Fsp3) is 0.316. The Morgan fingerprint density at radius 3 is 2.26 bits per heavy atom. The van der Waals surface area contributed by atoms with E-state index >= 15 is 0 Å². The standard InChI is InChI=1S/C19H21FN2O/c20-17-5-3-16(4-6-17)19(23)22-11-9-15(10-12-22)13-14-1-7-18(21)8-2-14/h1-8,15H,9-13,21H2. The lowest BCUT2D eigenvalue weighted by Gasteiger charge is -2.32. The van der Waals surface area contributed by atoms with Crippen molar-refractivity contribution in [3.05, 3.63) is 65.5 Å². The van der Waals surface area contributed by atoms with Gasteiger partial charge in [-0.05, 0) is 67.1 Å². The van der Waals surface area contributed by atoms with E-state index in [0.29, 0.717) is 11.5 Å². The van der Waals surface area contributed by atoms with Gasteiger partial charge in [0, 0.05) is 24.3 Å². The molecular formula is C19H21FN2O. The second kappa shape index (κ2) is 6.82. The smallest absolute Gasteiger partial charge is 0.253 e. The van der Waals surface area contributed by atoms with Crippen molar-refractivity contribution in [3.63, 3.8) is 0 Å². The molecule has 23 heavy (non-hydrogen) atoms. The van der Waals surface area contributed by atoms with E-state index in [1.807, 2.05) is 17.0 Å². The molecule has 0 spiro atoms. The van der Waals surface area contributed by atoms with E-state index in [0.717, 1.165) is 38.0 Å². The van der Waals surface area contributed by atoms with Crippen LogP contribution >= 0.6 is 0 Å². The maximum absolute atomic E-state index is 12.9. The minimum absolute atomic E-state index is 0.00376. The lowest BCUT2D eigenvalue weighted by Crippen LogP contribution is -2.38. The number of hydrogen-bond donors (Lipinski definition) is 1. The Kier molecular flexibility index (Phi) is 4.60. The van der Waals surface area contributed by atoms with Crippen molar-refractivity contribution >= 4 is 11.6 Å². The van der Waals surface area contributed by atoms with Crippen LogP contribution in [0.4, 0.5) is 10.1 Å². The summed E-state index contributed by atoms with van der Waals surface area (Å²) in [4.78, 5) is 14.3. The number of nitrogens with two attached hydrogens (primary N) is 1. The maximum Gasteiger partial charge on any atom is 0.253 e. The summed E-state index contributed by atoms with van der Waals surface area (Å²) in [6, 6.07) is 13.8. The van der Waals surface area contributed by atoms with Crippen molar-refractivity contribution in [2.24, 2.45) is 5.92 Å². The first-order valence-electron chi connectivity index (χ1n) is 8.01. The minimum Gasteiger partial charge on any atom is -0.399 e. The van der Waals surface area contributed by atoms with Gasteiger partial charge < -0.3 is 10.6 Å². The monoisotopic (exact) mass is 312 g/mol. The summed E-state index contributed by atoms with van der Waals surface area (Å²) in [6.07, 6.45) is 3.02. The molecule has 2 aromatic carbocycles. The second-order valence-corrected chi connectivity index (χ2v) is 6.19. The fourth-order valence-electron chi connectivity index (χ4n) is 3.10. The largest absolute Gasteiger partial charge is 0.399 e. The van der Waals surface area contributed by atoms with Crippen LogP contribution < -0.4 is 5.73 Å². The number of carbonyl (C=O) groups is 1. The number of amides is 1. The number of likely N-dealkylation sites (tertiary alicyclic amines) is 1. The number of rotatable bonds is 3. The van der Waals surface area contributed by atoms with Crippen LogP contribution in [0.5, 0.6) is 0 Å². The number of piperidine rings is 1. The number of benzene rings is 2. The van der Waals surface area contributed by atoms with Gasteiger partial charge in [-0.1, -0.05) is 12.1 Å². The fourth-order valence-corrected chi connectivity index (χ4v) is 3.10. The average Bonchev–Trinajstić information content (AvgIpc) is 2.58. The molecule has 4 heteroatoms. The van der Waals surface area contributed by atoms with Gasteiger partial charge in [0.1, 0.15) is 5.82 Å². The van der Waals surface area contributed by atoms with Gasteiger partial charge in [-0.25, -0.2) is 4.39 Å². The lowest BCUT2D eigenvalue weighted by molar-refractivity contribution is 0.0690. The van der Waals surface area contributed by atoms with Crippen LogP contribution in [-0.4, -0.2) is 23.9 Å². The molecule has 2 N–H and O–H groups in total. The molecule has 1 fully saturated rings. The highest BCUT2D eigenvalue weighted by Crippen LogP contribution is 2.23. The number of hydrogen-bond acceptors (Lipinski definition) is 2. The number of carbonyl (C=O) groups excluding carboxylic acids is 1. The van der Waals surface area contributed by atoms with Gasteiger partial charge in [0.25, 0.3) is 5.91 Å². The summed E-state index contributed by atoms with van der Waals surface area (Å²) in [5.41, 5.74) is 8.35. The number of nitrogens with zero attached hydrogens (tertiary/aromatic N) is 1. The topological polar surface area (TPSA) is 46.3 Å². The van der Waals surface area contributed by atoms with Crippen LogP contribution in [0.2, 0.25) is 0 Å². The number of anilines is 1. The van der Waals surface area contributed by atoms with E-state index < -0.39 is 0 Å². The van der Waals surface area contributed by atoms with Crippen LogP contribution in [0.15, 0.2) is 48.5 Å². The van der Waals surface area contributed by atoms with Crippen molar-refractivity contribution < 1.29 is 9.18 Å². The van der Waals surface area contributed by atoms with E-state index in [-0.39, 0.29) is 11.7 Å². The Labute approximate surface area is 135 Å². The molecule has 1 aliphatic heterocycles. The third kappa shape index (κ3) is 3.89. The molecule has 0 aliphatic carbocycles. The van der Waals surface area contributed by atoms with Crippen molar-refractivity contribution in [2.45, 2.75) is 19.3 Å². The van der Waals surface area contributed by atoms with Gasteiger partial charge in [-0.3, -0.25) is 4.79 Å². The van der Waals surface area contributed by atoms with Crippen molar-refractivity contribution in [2.75, 3.05) is 18.8 Å². The van der Waals surface area contributed by atoms with E-state index in [4.69, 9.17) is 5.73 Å². The Morgan fingerprint density at radius 1 is 1.04 bits per heavy atom. The number of halogens is 1. The Morgan fingerprint density at radius 2 is 1.65 bits per heavy atom. The second-order valence-electron chi connectivity index (χ2n) is 6.19. The molecule has 1 saturated heterocycles. The zero-order valence-corrected chi connectivity index (χ0v) is 13.0. The molecule has 1 aliphatic rings. The Balaban J connectivity index is 1.54. The van der Waals surface area contributed by atoms with Crippen LogP contribution in [-0.2, 0) is 6.42 Å². The summed E-state index contributed by atoms with van der Waals surface area (Å²) in [5, 5.41) is 0. The SMILES string of the molecule is Nc1ccc(CC2CCN(C(=O)c3ccc(F)cc3)CC2)cc1. The molecule has 0 aromatic heterocycles. The normalized spacial score (nSPS) is 15.6. The average molecular weight is 312 g/mol. The predicted molar refractivity (Wildman–Crippen MR) is 89.6 cm³/mol. The molecule has 3 nitrogen and oxygen atoms in total. The molecule has 0 bridgehead atoms. The van der Waals surface area contributed by atoms with Crippen LogP contribution in [0.3, 0.4) is 0 Å². The van der Waals surface area contributed by atoms with E-state index in [1.165, 1.54) is 17.7 Å². The minimum atomic E-state index is -0.316. The van der Waals surface area contributed by atoms with Gasteiger partial charge in [-0.15, -0.1) is 0 Å². The third-order valence-corrected chi connectivity index (χ3v) is 4.50. The van der Waals surface area contributed by atoms with Crippen molar-refractivity contribution in [3.8, 4) is 0 Å². The van der Waals surface area contributed by atoms with Crippen molar-refractivity contribution in [1.29, 1.82) is 0 Å². The Hall–Kier alpha value is -2.36. The molecule has 0 unspecified atom stereocenters. The maximum atomic E-state index is 12.9. The van der Waals surface area contributed by atoms with Crippen LogP contribution in [0, 0.1) is 11.7 Å². The van der Waals surface area contributed by atoms with Gasteiger partial charge in [0.05, 0.1) is 0 Å². The molecule has 2 aromatic rings.